The Morgan fingerprint density at radius 2 is 2.09 bits per heavy atom. The van der Waals surface area contributed by atoms with Crippen molar-refractivity contribution < 1.29 is 14.7 Å². The van der Waals surface area contributed by atoms with Gasteiger partial charge in [-0.1, -0.05) is 6.92 Å². The van der Waals surface area contributed by atoms with Crippen LogP contribution in [0.4, 0.5) is 5.82 Å². The van der Waals surface area contributed by atoms with Crippen molar-refractivity contribution in [1.82, 2.24) is 10.3 Å². The first-order valence-electron chi connectivity index (χ1n) is 7.77. The molecule has 0 bridgehead atoms. The van der Waals surface area contributed by atoms with Gasteiger partial charge in [-0.05, 0) is 37.3 Å². The first kappa shape index (κ1) is 16.3. The van der Waals surface area contributed by atoms with Crippen LogP contribution in [-0.4, -0.2) is 41.6 Å². The van der Waals surface area contributed by atoms with Crippen molar-refractivity contribution in [2.75, 3.05) is 24.5 Å². The summed E-state index contributed by atoms with van der Waals surface area (Å²) in [5.41, 5.74) is 0.504. The number of amides is 1. The van der Waals surface area contributed by atoms with E-state index in [1.807, 2.05) is 6.07 Å². The summed E-state index contributed by atoms with van der Waals surface area (Å²) in [5.74, 6) is 0.620. The monoisotopic (exact) mass is 305 g/mol. The number of aromatic nitrogens is 1. The van der Waals surface area contributed by atoms with Crippen LogP contribution in [0.15, 0.2) is 18.3 Å². The van der Waals surface area contributed by atoms with Gasteiger partial charge in [0.15, 0.2) is 0 Å². The summed E-state index contributed by atoms with van der Waals surface area (Å²) in [5, 5.41) is 11.2. The van der Waals surface area contributed by atoms with Crippen molar-refractivity contribution >= 4 is 17.7 Å². The Bertz CT molecular complexity index is 508. The summed E-state index contributed by atoms with van der Waals surface area (Å²) >= 11 is 0. The third-order valence-electron chi connectivity index (χ3n) is 3.97. The molecule has 0 unspecified atom stereocenters. The maximum Gasteiger partial charge on any atom is 0.303 e. The smallest absolute Gasteiger partial charge is 0.303 e. The minimum Gasteiger partial charge on any atom is -0.481 e. The Morgan fingerprint density at radius 1 is 1.36 bits per heavy atom. The lowest BCUT2D eigenvalue weighted by Crippen LogP contribution is -2.33. The molecule has 1 fully saturated rings. The van der Waals surface area contributed by atoms with E-state index in [2.05, 4.69) is 22.1 Å². The fourth-order valence-electron chi connectivity index (χ4n) is 2.49. The molecule has 1 amide bonds. The third kappa shape index (κ3) is 4.72. The van der Waals surface area contributed by atoms with E-state index in [1.165, 1.54) is 12.8 Å². The first-order chi connectivity index (χ1) is 10.6. The minimum absolute atomic E-state index is 0.0604. The molecule has 0 aliphatic carbocycles. The van der Waals surface area contributed by atoms with Crippen LogP contribution in [0.5, 0.6) is 0 Å². The Labute approximate surface area is 130 Å². The summed E-state index contributed by atoms with van der Waals surface area (Å²) in [6, 6.07) is 3.65. The molecule has 22 heavy (non-hydrogen) atoms. The lowest BCUT2D eigenvalue weighted by Gasteiger charge is -2.31. The molecular weight excluding hydrogens is 282 g/mol. The highest BCUT2D eigenvalue weighted by atomic mass is 16.4. The number of anilines is 1. The number of carbonyl (C=O) groups excluding carboxylic acids is 1. The molecule has 6 heteroatoms. The molecule has 120 valence electrons. The van der Waals surface area contributed by atoms with Gasteiger partial charge in [-0.25, -0.2) is 4.98 Å². The third-order valence-corrected chi connectivity index (χ3v) is 3.97. The van der Waals surface area contributed by atoms with Gasteiger partial charge in [-0.3, -0.25) is 9.59 Å². The number of carboxylic acids is 1. The zero-order chi connectivity index (χ0) is 15.9. The van der Waals surface area contributed by atoms with Gasteiger partial charge in [-0.15, -0.1) is 0 Å². The average Bonchev–Trinajstić information content (AvgIpc) is 2.52. The van der Waals surface area contributed by atoms with Crippen LogP contribution in [0, 0.1) is 5.92 Å². The number of hydrogen-bond acceptors (Lipinski definition) is 4. The highest BCUT2D eigenvalue weighted by Crippen LogP contribution is 2.21. The number of nitrogens with one attached hydrogen (secondary N) is 1. The normalized spacial score (nSPS) is 15.6. The highest BCUT2D eigenvalue weighted by molar-refractivity contribution is 5.94. The lowest BCUT2D eigenvalue weighted by molar-refractivity contribution is -0.137. The van der Waals surface area contributed by atoms with E-state index in [0.29, 0.717) is 18.5 Å². The number of carbonyl (C=O) groups is 2. The van der Waals surface area contributed by atoms with E-state index in [1.54, 1.807) is 12.3 Å². The predicted molar refractivity (Wildman–Crippen MR) is 84.1 cm³/mol. The molecule has 0 aromatic carbocycles. The van der Waals surface area contributed by atoms with E-state index < -0.39 is 5.97 Å². The van der Waals surface area contributed by atoms with E-state index in [0.717, 1.165) is 24.8 Å². The molecule has 1 aromatic rings. The highest BCUT2D eigenvalue weighted by Gasteiger charge is 2.17. The fraction of sp³-hybridized carbons (Fsp3) is 0.562. The Kier molecular flexibility index (Phi) is 5.75. The van der Waals surface area contributed by atoms with Crippen LogP contribution >= 0.6 is 0 Å². The zero-order valence-electron chi connectivity index (χ0n) is 12.9. The maximum atomic E-state index is 11.9. The fourth-order valence-corrected chi connectivity index (χ4v) is 2.49. The Morgan fingerprint density at radius 3 is 2.68 bits per heavy atom. The Balaban J connectivity index is 1.83. The molecule has 1 saturated heterocycles. The Hall–Kier alpha value is -2.11. The quantitative estimate of drug-likeness (QED) is 0.785. The summed E-state index contributed by atoms with van der Waals surface area (Å²) in [6.07, 6.45) is 4.42. The second-order valence-electron chi connectivity index (χ2n) is 5.83. The number of rotatable bonds is 6. The topological polar surface area (TPSA) is 82.5 Å². The SMILES string of the molecule is CC1CCN(c2ccc(C(=O)NCCCC(=O)O)cn2)CC1. The van der Waals surface area contributed by atoms with Gasteiger partial charge in [0.25, 0.3) is 5.91 Å². The van der Waals surface area contributed by atoms with Gasteiger partial charge in [-0.2, -0.15) is 0 Å². The number of aliphatic carboxylic acids is 1. The molecule has 0 saturated carbocycles. The zero-order valence-corrected chi connectivity index (χ0v) is 12.9. The lowest BCUT2D eigenvalue weighted by atomic mass is 9.99. The van der Waals surface area contributed by atoms with Gasteiger partial charge >= 0.3 is 5.97 Å². The molecule has 1 aromatic heterocycles. The van der Waals surface area contributed by atoms with Gasteiger partial charge in [0.2, 0.25) is 0 Å². The van der Waals surface area contributed by atoms with Crippen LogP contribution in [0.3, 0.4) is 0 Å². The number of pyridine rings is 1. The summed E-state index contributed by atoms with van der Waals surface area (Å²) in [4.78, 5) is 28.9. The molecule has 1 aliphatic rings. The number of nitrogens with zero attached hydrogens (tertiary/aromatic N) is 2. The van der Waals surface area contributed by atoms with E-state index in [9.17, 15) is 9.59 Å². The molecule has 6 nitrogen and oxygen atoms in total. The molecule has 2 rings (SSSR count). The maximum absolute atomic E-state index is 11.9. The van der Waals surface area contributed by atoms with Crippen molar-refractivity contribution in [3.05, 3.63) is 23.9 Å². The van der Waals surface area contributed by atoms with Crippen molar-refractivity contribution in [1.29, 1.82) is 0 Å². The molecule has 2 N–H and O–H groups in total. The van der Waals surface area contributed by atoms with Gasteiger partial charge in [0.1, 0.15) is 5.82 Å². The molecule has 0 radical (unpaired) electrons. The largest absolute Gasteiger partial charge is 0.481 e. The first-order valence-corrected chi connectivity index (χ1v) is 7.77. The minimum atomic E-state index is -0.851. The number of piperidine rings is 1. The van der Waals surface area contributed by atoms with Crippen LogP contribution < -0.4 is 10.2 Å². The van der Waals surface area contributed by atoms with Gasteiger partial charge < -0.3 is 15.3 Å². The molecular formula is C16H23N3O3. The standard InChI is InChI=1S/C16H23N3O3/c1-12-6-9-19(10-7-12)14-5-4-13(11-18-14)16(22)17-8-2-3-15(20)21/h4-5,11-12H,2-3,6-10H2,1H3,(H,17,22)(H,20,21). The summed E-state index contributed by atoms with van der Waals surface area (Å²) in [7, 11) is 0. The van der Waals surface area contributed by atoms with E-state index in [-0.39, 0.29) is 12.3 Å². The average molecular weight is 305 g/mol. The van der Waals surface area contributed by atoms with E-state index in [4.69, 9.17) is 5.11 Å². The van der Waals surface area contributed by atoms with Crippen molar-refractivity contribution in [3.8, 4) is 0 Å². The van der Waals surface area contributed by atoms with Crippen LogP contribution in [0.25, 0.3) is 0 Å². The predicted octanol–water partition coefficient (Wildman–Crippen LogP) is 1.91. The van der Waals surface area contributed by atoms with Crippen LogP contribution in [0.1, 0.15) is 43.0 Å². The molecule has 0 spiro atoms. The molecule has 0 atom stereocenters. The van der Waals surface area contributed by atoms with Crippen molar-refractivity contribution in [3.63, 3.8) is 0 Å². The number of carboxylic acid groups (broad SMARTS) is 1. The second-order valence-corrected chi connectivity index (χ2v) is 5.83. The summed E-state index contributed by atoms with van der Waals surface area (Å²) in [6.45, 7) is 4.64. The summed E-state index contributed by atoms with van der Waals surface area (Å²) < 4.78 is 0. The second kappa shape index (κ2) is 7.77. The number of hydrogen-bond donors (Lipinski definition) is 2. The molecule has 2 heterocycles. The molecule has 1 aliphatic heterocycles. The van der Waals surface area contributed by atoms with Crippen LogP contribution in [0.2, 0.25) is 0 Å². The van der Waals surface area contributed by atoms with Crippen LogP contribution in [-0.2, 0) is 4.79 Å². The van der Waals surface area contributed by atoms with Crippen molar-refractivity contribution in [2.45, 2.75) is 32.6 Å². The van der Waals surface area contributed by atoms with E-state index >= 15 is 0 Å². The van der Waals surface area contributed by atoms with Gasteiger partial charge in [0.05, 0.1) is 5.56 Å². The van der Waals surface area contributed by atoms with Gasteiger partial charge in [0, 0.05) is 32.3 Å². The van der Waals surface area contributed by atoms with Crippen molar-refractivity contribution in [2.24, 2.45) is 5.92 Å².